The number of hydrogen-bond acceptors (Lipinski definition) is 2. The predicted molar refractivity (Wildman–Crippen MR) is 78.5 cm³/mol. The first-order valence-corrected chi connectivity index (χ1v) is 7.01. The lowest BCUT2D eigenvalue weighted by atomic mass is 10.1. The number of benzene rings is 2. The van der Waals surface area contributed by atoms with Crippen LogP contribution in [0.15, 0.2) is 58.4 Å². The summed E-state index contributed by atoms with van der Waals surface area (Å²) in [5, 5.41) is 0. The Morgan fingerprint density at radius 3 is 2.32 bits per heavy atom. The van der Waals surface area contributed by atoms with E-state index in [0.717, 1.165) is 22.5 Å². The number of para-hydroxylation sites is 1. The van der Waals surface area contributed by atoms with Crippen LogP contribution in [0, 0.1) is 6.92 Å². The van der Waals surface area contributed by atoms with Gasteiger partial charge < -0.3 is 4.55 Å². The largest absolute Gasteiger partial charge is 0.302 e. The molecule has 0 fully saturated rings. The molecule has 0 saturated heterocycles. The number of hydrogen-bond donors (Lipinski definition) is 1. The summed E-state index contributed by atoms with van der Waals surface area (Å²) in [7, 11) is 0. The molecule has 19 heavy (non-hydrogen) atoms. The van der Waals surface area contributed by atoms with E-state index in [1.54, 1.807) is 24.3 Å². The van der Waals surface area contributed by atoms with Crippen LogP contribution in [0.25, 0.3) is 0 Å². The monoisotopic (exact) mass is 273 g/mol. The Kier molecular flexibility index (Phi) is 4.24. The molecule has 3 nitrogen and oxygen atoms in total. The fraction of sp³-hybridized carbons (Fsp3) is 0.133. The normalized spacial score (nSPS) is 13.3. The average molecular weight is 273 g/mol. The van der Waals surface area contributed by atoms with Gasteiger partial charge in [0.15, 0.2) is 11.1 Å². The van der Waals surface area contributed by atoms with E-state index < -0.39 is 11.1 Å². The van der Waals surface area contributed by atoms with Gasteiger partial charge in [-0.25, -0.2) is 4.21 Å². The summed E-state index contributed by atoms with van der Waals surface area (Å²) in [6.45, 7) is 3.95. The lowest BCUT2D eigenvalue weighted by molar-refractivity contribution is 0.564. The van der Waals surface area contributed by atoms with Crippen LogP contribution in [0.4, 0.5) is 5.69 Å². The third kappa shape index (κ3) is 3.36. The first kappa shape index (κ1) is 13.6. The Hall–Kier alpha value is -1.78. The molecule has 0 spiro atoms. The second kappa shape index (κ2) is 5.91. The highest BCUT2D eigenvalue weighted by atomic mass is 32.2. The van der Waals surface area contributed by atoms with Crippen LogP contribution in [-0.4, -0.2) is 14.5 Å². The smallest absolute Gasteiger partial charge is 0.186 e. The Morgan fingerprint density at radius 2 is 1.74 bits per heavy atom. The van der Waals surface area contributed by atoms with Crippen molar-refractivity contribution in [1.82, 2.24) is 0 Å². The van der Waals surface area contributed by atoms with E-state index in [9.17, 15) is 4.21 Å². The van der Waals surface area contributed by atoms with Crippen LogP contribution in [-0.2, 0) is 11.1 Å². The van der Waals surface area contributed by atoms with Gasteiger partial charge in [-0.05, 0) is 43.2 Å². The van der Waals surface area contributed by atoms with Crippen LogP contribution >= 0.6 is 0 Å². The van der Waals surface area contributed by atoms with Gasteiger partial charge in [0.2, 0.25) is 0 Å². The molecule has 0 saturated carbocycles. The van der Waals surface area contributed by atoms with Crippen molar-refractivity contribution in [3.8, 4) is 0 Å². The molecular formula is C15H15NO2S. The van der Waals surface area contributed by atoms with Gasteiger partial charge in [0.25, 0.3) is 0 Å². The summed E-state index contributed by atoms with van der Waals surface area (Å²) in [5.74, 6) is 0. The van der Waals surface area contributed by atoms with Gasteiger partial charge in [-0.2, -0.15) is 0 Å². The van der Waals surface area contributed by atoms with Crippen molar-refractivity contribution >= 4 is 22.5 Å². The molecule has 2 aromatic carbocycles. The van der Waals surface area contributed by atoms with Crippen molar-refractivity contribution in [1.29, 1.82) is 0 Å². The second-order valence-corrected chi connectivity index (χ2v) is 5.23. The average Bonchev–Trinajstić information content (AvgIpc) is 2.41. The quantitative estimate of drug-likeness (QED) is 0.684. The molecule has 0 aliphatic heterocycles. The van der Waals surface area contributed by atoms with E-state index in [1.807, 2.05) is 38.1 Å². The Morgan fingerprint density at radius 1 is 1.11 bits per heavy atom. The van der Waals surface area contributed by atoms with Gasteiger partial charge >= 0.3 is 0 Å². The third-order valence-electron chi connectivity index (χ3n) is 2.88. The summed E-state index contributed by atoms with van der Waals surface area (Å²) in [4.78, 5) is 4.98. The topological polar surface area (TPSA) is 49.7 Å². The zero-order valence-corrected chi connectivity index (χ0v) is 11.6. The molecule has 0 bridgehead atoms. The van der Waals surface area contributed by atoms with Gasteiger partial charge in [0.05, 0.1) is 10.6 Å². The maximum atomic E-state index is 10.9. The minimum atomic E-state index is -1.93. The SMILES string of the molecule is CC(=Nc1ccccc1C)c1ccc(S(=O)O)cc1. The van der Waals surface area contributed by atoms with Crippen LogP contribution in [0.2, 0.25) is 0 Å². The Balaban J connectivity index is 2.31. The summed E-state index contributed by atoms with van der Waals surface area (Å²) in [6, 6.07) is 14.8. The van der Waals surface area contributed by atoms with Gasteiger partial charge in [0.1, 0.15) is 0 Å². The molecule has 1 atom stereocenters. The minimum absolute atomic E-state index is 0.396. The van der Waals surface area contributed by atoms with Crippen molar-refractivity contribution in [3.63, 3.8) is 0 Å². The number of aryl methyl sites for hydroxylation is 1. The van der Waals surface area contributed by atoms with Gasteiger partial charge in [-0.1, -0.05) is 30.3 Å². The standard InChI is InChI=1S/C15H15NO2S/c1-11-5-3-4-6-15(11)16-12(2)13-7-9-14(10-8-13)19(17)18/h3-10H,1-2H3,(H,17,18). The summed E-state index contributed by atoms with van der Waals surface area (Å²) in [6.07, 6.45) is 0. The fourth-order valence-electron chi connectivity index (χ4n) is 1.75. The summed E-state index contributed by atoms with van der Waals surface area (Å²) >= 11 is -1.93. The van der Waals surface area contributed by atoms with Crippen LogP contribution in [0.5, 0.6) is 0 Å². The van der Waals surface area contributed by atoms with E-state index in [0.29, 0.717) is 4.90 Å². The zero-order valence-electron chi connectivity index (χ0n) is 10.8. The van der Waals surface area contributed by atoms with E-state index in [-0.39, 0.29) is 0 Å². The van der Waals surface area contributed by atoms with E-state index >= 15 is 0 Å². The molecule has 1 unspecified atom stereocenters. The van der Waals surface area contributed by atoms with E-state index in [1.165, 1.54) is 0 Å². The molecule has 1 N–H and O–H groups in total. The van der Waals surface area contributed by atoms with Crippen molar-refractivity contribution in [2.24, 2.45) is 4.99 Å². The molecule has 0 radical (unpaired) electrons. The van der Waals surface area contributed by atoms with Crippen molar-refractivity contribution in [2.75, 3.05) is 0 Å². The molecule has 2 rings (SSSR count). The van der Waals surface area contributed by atoms with Gasteiger partial charge in [-0.3, -0.25) is 4.99 Å². The first-order chi connectivity index (χ1) is 9.08. The molecule has 4 heteroatoms. The maximum absolute atomic E-state index is 10.9. The molecule has 98 valence electrons. The molecule has 0 amide bonds. The van der Waals surface area contributed by atoms with Crippen LogP contribution < -0.4 is 0 Å². The summed E-state index contributed by atoms with van der Waals surface area (Å²) < 4.78 is 19.9. The van der Waals surface area contributed by atoms with Gasteiger partial charge in [-0.15, -0.1) is 0 Å². The second-order valence-electron chi connectivity index (χ2n) is 4.26. The molecule has 2 aromatic rings. The van der Waals surface area contributed by atoms with Crippen LogP contribution in [0.3, 0.4) is 0 Å². The Labute approximate surface area is 115 Å². The highest BCUT2D eigenvalue weighted by molar-refractivity contribution is 7.79. The van der Waals surface area contributed by atoms with Crippen molar-refractivity contribution in [3.05, 3.63) is 59.7 Å². The molecule has 0 aromatic heterocycles. The highest BCUT2D eigenvalue weighted by Gasteiger charge is 2.02. The van der Waals surface area contributed by atoms with Crippen LogP contribution in [0.1, 0.15) is 18.1 Å². The van der Waals surface area contributed by atoms with E-state index in [4.69, 9.17) is 4.55 Å². The predicted octanol–water partition coefficient (Wildman–Crippen LogP) is 3.72. The molecule has 0 aliphatic carbocycles. The number of nitrogens with zero attached hydrogens (tertiary/aromatic N) is 1. The maximum Gasteiger partial charge on any atom is 0.186 e. The van der Waals surface area contributed by atoms with Crippen molar-refractivity contribution in [2.45, 2.75) is 18.7 Å². The third-order valence-corrected chi connectivity index (χ3v) is 3.55. The minimum Gasteiger partial charge on any atom is -0.302 e. The fourth-order valence-corrected chi connectivity index (χ4v) is 2.12. The lowest BCUT2D eigenvalue weighted by Crippen LogP contribution is -1.95. The molecule has 0 aliphatic rings. The summed E-state index contributed by atoms with van der Waals surface area (Å²) in [5.41, 5.74) is 3.88. The highest BCUT2D eigenvalue weighted by Crippen LogP contribution is 2.19. The molecular weight excluding hydrogens is 258 g/mol. The van der Waals surface area contributed by atoms with Gasteiger partial charge in [0, 0.05) is 5.71 Å². The number of aliphatic imine (C=N–C) groups is 1. The zero-order chi connectivity index (χ0) is 13.8. The Bertz CT molecular complexity index is 633. The lowest BCUT2D eigenvalue weighted by Gasteiger charge is -2.04. The van der Waals surface area contributed by atoms with Crippen molar-refractivity contribution < 1.29 is 8.76 Å². The molecule has 0 heterocycles. The first-order valence-electron chi connectivity index (χ1n) is 5.90. The number of rotatable bonds is 3. The van der Waals surface area contributed by atoms with E-state index in [2.05, 4.69) is 4.99 Å².